The largest absolute Gasteiger partial charge is 0.472 e. The molecule has 0 amide bonds. The minimum atomic E-state index is -4.75. The number of phosphoric ester groups is 1. The number of hydrogen-bond donors (Lipinski definition) is 2. The summed E-state index contributed by atoms with van der Waals surface area (Å²) >= 11 is 0. The first-order chi connectivity index (χ1) is 35.2. The molecule has 0 radical (unpaired) electrons. The number of ether oxygens (including phenoxy) is 3. The second-order valence-corrected chi connectivity index (χ2v) is 20.9. The molecule has 0 aromatic carbocycles. The fourth-order valence-corrected chi connectivity index (χ4v) is 8.77. The van der Waals surface area contributed by atoms with Crippen molar-refractivity contribution in [1.29, 1.82) is 0 Å². The van der Waals surface area contributed by atoms with Gasteiger partial charge in [-0.15, -0.1) is 0 Å². The zero-order chi connectivity index (χ0) is 52.7. The van der Waals surface area contributed by atoms with Crippen molar-refractivity contribution in [3.63, 3.8) is 0 Å². The normalized spacial score (nSPS) is 13.8. The lowest BCUT2D eigenvalue weighted by atomic mass is 10.1. The fourth-order valence-electron chi connectivity index (χ4n) is 7.99. The molecule has 418 valence electrons. The zero-order valence-electron chi connectivity index (χ0n) is 46.1. The molecule has 0 spiro atoms. The summed E-state index contributed by atoms with van der Waals surface area (Å²) in [5.41, 5.74) is 0. The average molecular weight is 1040 g/mol. The monoisotopic (exact) mass is 1030 g/mol. The molecule has 0 aliphatic rings. The van der Waals surface area contributed by atoms with E-state index < -0.39 is 57.8 Å². The molecule has 0 saturated heterocycles. The van der Waals surface area contributed by atoms with E-state index >= 15 is 0 Å². The van der Waals surface area contributed by atoms with Crippen molar-refractivity contribution < 1.29 is 52.2 Å². The van der Waals surface area contributed by atoms with Gasteiger partial charge in [0.1, 0.15) is 12.7 Å². The van der Waals surface area contributed by atoms with E-state index in [1.165, 1.54) is 116 Å². The molecule has 0 aromatic rings. The maximum Gasteiger partial charge on any atom is 0.472 e. The van der Waals surface area contributed by atoms with Gasteiger partial charge in [0, 0.05) is 19.3 Å². The number of hydrogen-bond acceptors (Lipinski definition) is 10. The first-order valence-electron chi connectivity index (χ1n) is 29.2. The Labute approximate surface area is 440 Å². The van der Waals surface area contributed by atoms with E-state index in [-0.39, 0.29) is 25.9 Å². The van der Waals surface area contributed by atoms with E-state index in [0.29, 0.717) is 19.3 Å². The molecule has 3 unspecified atom stereocenters. The molecule has 0 fully saturated rings. The molecule has 11 nitrogen and oxygen atoms in total. The van der Waals surface area contributed by atoms with Crippen LogP contribution in [0.25, 0.3) is 0 Å². The van der Waals surface area contributed by atoms with Gasteiger partial charge < -0.3 is 24.2 Å². The van der Waals surface area contributed by atoms with Gasteiger partial charge in [-0.2, -0.15) is 0 Å². The zero-order valence-corrected chi connectivity index (χ0v) is 47.0. The molecule has 72 heavy (non-hydrogen) atoms. The molecule has 0 aliphatic heterocycles. The minimum absolute atomic E-state index is 0.149. The summed E-state index contributed by atoms with van der Waals surface area (Å²) < 4.78 is 39.5. The lowest BCUT2D eigenvalue weighted by Crippen LogP contribution is -2.30. The van der Waals surface area contributed by atoms with Gasteiger partial charge >= 0.3 is 25.7 Å². The molecule has 3 atom stereocenters. The molecule has 0 rings (SSSR count). The molecule has 0 bridgehead atoms. The van der Waals surface area contributed by atoms with Gasteiger partial charge in [0.15, 0.2) is 6.10 Å². The van der Waals surface area contributed by atoms with E-state index in [1.54, 1.807) is 0 Å². The van der Waals surface area contributed by atoms with Crippen molar-refractivity contribution in [2.45, 2.75) is 277 Å². The number of esters is 3. The number of phosphoric acid groups is 1. The Hall–Kier alpha value is -2.82. The number of aliphatic hydroxyl groups is 1. The van der Waals surface area contributed by atoms with Crippen molar-refractivity contribution in [3.8, 4) is 0 Å². The van der Waals surface area contributed by atoms with E-state index in [4.69, 9.17) is 23.3 Å². The van der Waals surface area contributed by atoms with E-state index in [2.05, 4.69) is 81.5 Å². The van der Waals surface area contributed by atoms with Crippen molar-refractivity contribution >= 4 is 25.7 Å². The first kappa shape index (κ1) is 69.2. The second kappa shape index (κ2) is 54.4. The fraction of sp³-hybridized carbons (Fsp3) is 0.783. The third-order valence-electron chi connectivity index (χ3n) is 12.4. The van der Waals surface area contributed by atoms with Crippen molar-refractivity contribution in [3.05, 3.63) is 60.8 Å². The van der Waals surface area contributed by atoms with Gasteiger partial charge in [-0.05, 0) is 83.5 Å². The Morgan fingerprint density at radius 3 is 1.12 bits per heavy atom. The highest BCUT2D eigenvalue weighted by molar-refractivity contribution is 7.47. The summed E-state index contributed by atoms with van der Waals surface area (Å²) in [6.07, 6.45) is 59.0. The number of carbonyl (C=O) groups excluding carboxylic acids is 3. The average Bonchev–Trinajstić information content (AvgIpc) is 3.37. The predicted molar refractivity (Wildman–Crippen MR) is 298 cm³/mol. The summed E-state index contributed by atoms with van der Waals surface area (Å²) in [4.78, 5) is 48.4. The molecule has 2 N–H and O–H groups in total. The lowest BCUT2D eigenvalue weighted by Gasteiger charge is -2.21. The summed E-state index contributed by atoms with van der Waals surface area (Å²) in [6.45, 7) is 4.50. The molecular formula is C60H107O11P. The van der Waals surface area contributed by atoms with Crippen LogP contribution in [-0.4, -0.2) is 66.5 Å². The molecular weight excluding hydrogens is 928 g/mol. The quantitative estimate of drug-likeness (QED) is 0.0197. The van der Waals surface area contributed by atoms with Crippen LogP contribution in [0.2, 0.25) is 0 Å². The highest BCUT2D eigenvalue weighted by atomic mass is 31.2. The highest BCUT2D eigenvalue weighted by Crippen LogP contribution is 2.43. The van der Waals surface area contributed by atoms with Crippen LogP contribution < -0.4 is 0 Å². The van der Waals surface area contributed by atoms with Crippen LogP contribution in [0.1, 0.15) is 265 Å². The van der Waals surface area contributed by atoms with Gasteiger partial charge in [0.25, 0.3) is 0 Å². The van der Waals surface area contributed by atoms with Crippen LogP contribution in [0, 0.1) is 0 Å². The Morgan fingerprint density at radius 1 is 0.403 bits per heavy atom. The Balaban J connectivity index is 4.63. The first-order valence-corrected chi connectivity index (χ1v) is 30.7. The molecule has 0 heterocycles. The van der Waals surface area contributed by atoms with Gasteiger partial charge in [0.2, 0.25) is 0 Å². The third kappa shape index (κ3) is 52.1. The minimum Gasteiger partial charge on any atom is -0.462 e. The summed E-state index contributed by atoms with van der Waals surface area (Å²) in [5.74, 6) is -1.48. The van der Waals surface area contributed by atoms with Gasteiger partial charge in [-0.25, -0.2) is 4.57 Å². The van der Waals surface area contributed by atoms with Crippen LogP contribution in [0.5, 0.6) is 0 Å². The molecule has 12 heteroatoms. The van der Waals surface area contributed by atoms with Crippen molar-refractivity contribution in [2.75, 3.05) is 26.4 Å². The van der Waals surface area contributed by atoms with Crippen LogP contribution in [-0.2, 0) is 42.2 Å². The summed E-state index contributed by atoms with van der Waals surface area (Å²) in [6, 6.07) is 0. The van der Waals surface area contributed by atoms with Gasteiger partial charge in [-0.1, -0.05) is 223 Å². The topological polar surface area (TPSA) is 155 Å². The lowest BCUT2D eigenvalue weighted by molar-refractivity contribution is -0.161. The number of rotatable bonds is 54. The Bertz CT molecular complexity index is 1440. The maximum absolute atomic E-state index is 12.9. The second-order valence-electron chi connectivity index (χ2n) is 19.4. The van der Waals surface area contributed by atoms with Gasteiger partial charge in [0.05, 0.1) is 19.8 Å². The summed E-state index contributed by atoms with van der Waals surface area (Å²) in [5, 5.41) is 9.81. The van der Waals surface area contributed by atoms with Gasteiger partial charge in [-0.3, -0.25) is 23.4 Å². The maximum atomic E-state index is 12.9. The third-order valence-corrected chi connectivity index (χ3v) is 13.4. The standard InChI is InChI=1S/C60H107O11P/c1-4-7-10-13-16-19-21-23-25-27-28-30-32-34-36-39-42-45-48-51-60(64)71-57(53-67-58(62)49-46-43-40-37-18-15-12-9-6-3)55-69-72(65,66)68-54-56(52-61)70-59(63)50-47-44-41-38-35-33-31-29-26-24-22-20-17-14-11-8-5-2/h8,11,17,20,23-26,31,33,56-57,61H,4-7,9-10,12-16,18-19,21-22,27-30,32,34-55H2,1-3H3,(H,65,66)/b11-8-,20-17-,25-23-,26-24-,33-31-. The van der Waals surface area contributed by atoms with Crippen LogP contribution in [0.15, 0.2) is 60.8 Å². The molecule has 0 aromatic heterocycles. The van der Waals surface area contributed by atoms with Crippen LogP contribution in [0.3, 0.4) is 0 Å². The van der Waals surface area contributed by atoms with Crippen molar-refractivity contribution in [1.82, 2.24) is 0 Å². The SMILES string of the molecule is CC/C=C\C/C=C\C/C=C\C/C=C\CCCCCCC(=O)OC(CO)COP(=O)(O)OCC(COC(=O)CCCCCCCCCCC)OC(=O)CCCCCCCCCCC/C=C\CCCCCCCC. The Morgan fingerprint density at radius 2 is 0.722 bits per heavy atom. The predicted octanol–water partition coefficient (Wildman–Crippen LogP) is 17.1. The number of aliphatic hydroxyl groups excluding tert-OH is 1. The smallest absolute Gasteiger partial charge is 0.462 e. The highest BCUT2D eigenvalue weighted by Gasteiger charge is 2.28. The molecule has 0 aliphatic carbocycles. The number of unbranched alkanes of at least 4 members (excludes halogenated alkanes) is 27. The number of allylic oxidation sites excluding steroid dienone is 10. The summed E-state index contributed by atoms with van der Waals surface area (Å²) in [7, 11) is -4.75. The van der Waals surface area contributed by atoms with Crippen LogP contribution in [0.4, 0.5) is 0 Å². The van der Waals surface area contributed by atoms with Crippen LogP contribution >= 0.6 is 7.82 Å². The van der Waals surface area contributed by atoms with E-state index in [0.717, 1.165) is 89.9 Å². The Kier molecular flexibility index (Phi) is 52.3. The number of carbonyl (C=O) groups is 3. The molecule has 0 saturated carbocycles. The van der Waals surface area contributed by atoms with Crippen molar-refractivity contribution in [2.24, 2.45) is 0 Å². The van der Waals surface area contributed by atoms with E-state index in [1.807, 2.05) is 0 Å². The van der Waals surface area contributed by atoms with E-state index in [9.17, 15) is 28.9 Å².